The number of nitrogen functional groups attached to an aromatic ring is 1. The summed E-state index contributed by atoms with van der Waals surface area (Å²) in [5, 5.41) is 3.79. The highest BCUT2D eigenvalue weighted by atomic mass is 35.5. The van der Waals surface area contributed by atoms with E-state index in [2.05, 4.69) is 10.3 Å². The van der Waals surface area contributed by atoms with Gasteiger partial charge in [0.05, 0.1) is 29.1 Å². The van der Waals surface area contributed by atoms with Gasteiger partial charge in [-0.25, -0.2) is 4.98 Å². The van der Waals surface area contributed by atoms with Gasteiger partial charge in [0.2, 0.25) is 0 Å². The van der Waals surface area contributed by atoms with Crippen LogP contribution in [0.1, 0.15) is 40.2 Å². The third kappa shape index (κ3) is 3.94. The van der Waals surface area contributed by atoms with Crippen molar-refractivity contribution >= 4 is 52.1 Å². The van der Waals surface area contributed by atoms with E-state index in [1.54, 1.807) is 17.4 Å². The molecule has 0 fully saturated rings. The summed E-state index contributed by atoms with van der Waals surface area (Å²) in [6, 6.07) is 3.07. The molecule has 8 heteroatoms. The topological polar surface area (TPSA) is 77.2 Å². The van der Waals surface area contributed by atoms with Crippen LogP contribution in [-0.2, 0) is 12.8 Å². The molecule has 0 bridgehead atoms. The van der Waals surface area contributed by atoms with Crippen molar-refractivity contribution in [3.63, 3.8) is 0 Å². The van der Waals surface area contributed by atoms with E-state index in [1.165, 1.54) is 30.9 Å². The molecule has 130 valence electrons. The van der Waals surface area contributed by atoms with Crippen molar-refractivity contribution in [3.8, 4) is 5.75 Å². The number of nitrogens with zero attached hydrogens (tertiary/aromatic N) is 1. The Balaban J connectivity index is 0.00000208. The van der Waals surface area contributed by atoms with Crippen LogP contribution in [-0.4, -0.2) is 18.0 Å². The van der Waals surface area contributed by atoms with Crippen molar-refractivity contribution in [2.75, 3.05) is 18.2 Å². The first-order chi connectivity index (χ1) is 11.1. The molecule has 1 amide bonds. The molecule has 1 aromatic heterocycles. The number of fused-ring (bicyclic) bond motifs is 1. The largest absolute Gasteiger partial charge is 0.496 e. The van der Waals surface area contributed by atoms with Crippen LogP contribution >= 0.6 is 35.3 Å². The van der Waals surface area contributed by atoms with E-state index in [-0.39, 0.29) is 18.3 Å². The van der Waals surface area contributed by atoms with Crippen molar-refractivity contribution in [2.24, 2.45) is 0 Å². The molecule has 0 spiro atoms. The molecule has 0 atom stereocenters. The zero-order chi connectivity index (χ0) is 16.4. The second-order valence-electron chi connectivity index (χ2n) is 5.48. The number of nitrogens with one attached hydrogen (secondary N) is 1. The van der Waals surface area contributed by atoms with Crippen LogP contribution in [0.25, 0.3) is 0 Å². The lowest BCUT2D eigenvalue weighted by Gasteiger charge is -2.10. The number of hydrogen-bond acceptors (Lipinski definition) is 5. The maximum Gasteiger partial charge on any atom is 0.261 e. The van der Waals surface area contributed by atoms with Gasteiger partial charge in [-0.3, -0.25) is 10.1 Å². The lowest BCUT2D eigenvalue weighted by molar-refractivity contribution is 0.102. The quantitative estimate of drug-likeness (QED) is 0.606. The van der Waals surface area contributed by atoms with Crippen LogP contribution in [0.15, 0.2) is 12.1 Å². The highest BCUT2D eigenvalue weighted by molar-refractivity contribution is 7.15. The number of halogens is 2. The highest BCUT2D eigenvalue weighted by Gasteiger charge is 2.19. The molecule has 5 nitrogen and oxygen atoms in total. The Labute approximate surface area is 156 Å². The van der Waals surface area contributed by atoms with Gasteiger partial charge in [0.25, 0.3) is 5.91 Å². The minimum Gasteiger partial charge on any atom is -0.496 e. The van der Waals surface area contributed by atoms with Gasteiger partial charge >= 0.3 is 0 Å². The first kappa shape index (κ1) is 18.8. The van der Waals surface area contributed by atoms with Gasteiger partial charge in [-0.15, -0.1) is 23.7 Å². The van der Waals surface area contributed by atoms with Gasteiger partial charge < -0.3 is 10.5 Å². The van der Waals surface area contributed by atoms with Crippen LogP contribution in [0.5, 0.6) is 5.75 Å². The zero-order valence-corrected chi connectivity index (χ0v) is 15.6. The number of aromatic nitrogens is 1. The Morgan fingerprint density at radius 2 is 2.08 bits per heavy atom. The number of aryl methyl sites for hydroxylation is 2. The van der Waals surface area contributed by atoms with E-state index in [1.807, 2.05) is 0 Å². The third-order valence-corrected chi connectivity index (χ3v) is 5.28. The number of carbonyl (C=O) groups excluding carboxylic acids is 1. The normalized spacial score (nSPS) is 13.4. The fraction of sp³-hybridized carbons (Fsp3) is 0.375. The van der Waals surface area contributed by atoms with Crippen LogP contribution in [0.3, 0.4) is 0 Å². The number of amides is 1. The van der Waals surface area contributed by atoms with E-state index in [9.17, 15) is 4.79 Å². The van der Waals surface area contributed by atoms with Gasteiger partial charge in [-0.2, -0.15) is 0 Å². The predicted octanol–water partition coefficient (Wildman–Crippen LogP) is 4.33. The number of ether oxygens (including phenoxy) is 1. The maximum absolute atomic E-state index is 12.5. The second kappa shape index (κ2) is 8.05. The number of carbonyl (C=O) groups is 1. The fourth-order valence-corrected chi connectivity index (χ4v) is 3.87. The average molecular weight is 388 g/mol. The molecule has 2 aromatic rings. The molecular weight excluding hydrogens is 369 g/mol. The molecule has 1 aliphatic carbocycles. The molecule has 24 heavy (non-hydrogen) atoms. The molecule has 1 heterocycles. The van der Waals surface area contributed by atoms with Crippen molar-refractivity contribution in [1.29, 1.82) is 0 Å². The Hall–Kier alpha value is -1.50. The van der Waals surface area contributed by atoms with Crippen LogP contribution in [0.4, 0.5) is 10.8 Å². The SMILES string of the molecule is COc1cc(N)c(Cl)cc1C(=O)Nc1nc2c(s1)CCCCC2.Cl. The van der Waals surface area contributed by atoms with Crippen molar-refractivity contribution in [2.45, 2.75) is 32.1 Å². The van der Waals surface area contributed by atoms with Crippen molar-refractivity contribution in [3.05, 3.63) is 33.3 Å². The van der Waals surface area contributed by atoms with Gasteiger partial charge in [0.1, 0.15) is 5.75 Å². The molecule has 1 aliphatic rings. The van der Waals surface area contributed by atoms with E-state index < -0.39 is 0 Å². The molecule has 0 unspecified atom stereocenters. The van der Waals surface area contributed by atoms with Crippen molar-refractivity contribution in [1.82, 2.24) is 4.98 Å². The first-order valence-corrected chi connectivity index (χ1v) is 8.71. The monoisotopic (exact) mass is 387 g/mol. The molecule has 1 aromatic carbocycles. The number of benzene rings is 1. The number of anilines is 2. The van der Waals surface area contributed by atoms with Gasteiger partial charge in [-0.1, -0.05) is 18.0 Å². The van der Waals surface area contributed by atoms with Crippen molar-refractivity contribution < 1.29 is 9.53 Å². The van der Waals surface area contributed by atoms with Gasteiger partial charge in [0.15, 0.2) is 5.13 Å². The summed E-state index contributed by atoms with van der Waals surface area (Å²) in [6.45, 7) is 0. The molecule has 0 saturated heterocycles. The van der Waals surface area contributed by atoms with E-state index in [0.29, 0.717) is 27.2 Å². The molecule has 3 rings (SSSR count). The Bertz CT molecular complexity index is 726. The van der Waals surface area contributed by atoms with Crippen LogP contribution < -0.4 is 15.8 Å². The average Bonchev–Trinajstić information content (AvgIpc) is 2.77. The Kier molecular flexibility index (Phi) is 6.32. The minimum absolute atomic E-state index is 0. The maximum atomic E-state index is 12.5. The van der Waals surface area contributed by atoms with Gasteiger partial charge in [-0.05, 0) is 31.7 Å². The van der Waals surface area contributed by atoms with E-state index in [4.69, 9.17) is 22.1 Å². The Morgan fingerprint density at radius 3 is 2.83 bits per heavy atom. The summed E-state index contributed by atoms with van der Waals surface area (Å²) in [5.74, 6) is 0.0928. The lowest BCUT2D eigenvalue weighted by Crippen LogP contribution is -2.13. The molecule has 3 N–H and O–H groups in total. The lowest BCUT2D eigenvalue weighted by atomic mass is 10.1. The predicted molar refractivity (Wildman–Crippen MR) is 101 cm³/mol. The summed E-state index contributed by atoms with van der Waals surface area (Å²) < 4.78 is 5.22. The first-order valence-electron chi connectivity index (χ1n) is 7.51. The van der Waals surface area contributed by atoms with E-state index in [0.717, 1.165) is 25.0 Å². The Morgan fingerprint density at radius 1 is 1.33 bits per heavy atom. The van der Waals surface area contributed by atoms with Gasteiger partial charge in [0, 0.05) is 10.9 Å². The molecule has 0 aliphatic heterocycles. The number of methoxy groups -OCH3 is 1. The number of nitrogens with two attached hydrogens (primary N) is 1. The molecule has 0 saturated carbocycles. The summed E-state index contributed by atoms with van der Waals surface area (Å²) in [4.78, 5) is 18.4. The third-order valence-electron chi connectivity index (χ3n) is 3.88. The number of hydrogen-bond donors (Lipinski definition) is 2. The summed E-state index contributed by atoms with van der Waals surface area (Å²) in [6.07, 6.45) is 5.61. The fourth-order valence-electron chi connectivity index (χ4n) is 2.66. The van der Waals surface area contributed by atoms with E-state index >= 15 is 0 Å². The molecular formula is C16H19Cl2N3O2S. The second-order valence-corrected chi connectivity index (χ2v) is 6.97. The standard InChI is InChI=1S/C16H18ClN3O2S.ClH/c1-22-13-8-11(18)10(17)7-9(13)15(21)20-16-19-12-5-3-2-4-6-14(12)23-16;/h7-8H,2-6,18H2,1H3,(H,19,20,21);1H. The smallest absolute Gasteiger partial charge is 0.261 e. The summed E-state index contributed by atoms with van der Waals surface area (Å²) in [5.41, 5.74) is 7.58. The van der Waals surface area contributed by atoms with Crippen LogP contribution in [0.2, 0.25) is 5.02 Å². The number of rotatable bonds is 3. The minimum atomic E-state index is -0.298. The molecule has 0 radical (unpaired) electrons. The van der Waals surface area contributed by atoms with Crippen LogP contribution in [0, 0.1) is 0 Å². The summed E-state index contributed by atoms with van der Waals surface area (Å²) in [7, 11) is 1.49. The highest BCUT2D eigenvalue weighted by Crippen LogP contribution is 2.32. The number of thiazole rings is 1. The zero-order valence-electron chi connectivity index (χ0n) is 13.2. The summed E-state index contributed by atoms with van der Waals surface area (Å²) >= 11 is 7.57.